The predicted octanol–water partition coefficient (Wildman–Crippen LogP) is 3.82. The number of carbonyl (C=O) groups is 1. The SMILES string of the molecule is CC(C)Sc1ccc([C@@H](C)NC(=O)N(C)Cc2cnn(C)c2)cc1. The lowest BCUT2D eigenvalue weighted by Crippen LogP contribution is -2.38. The molecule has 0 spiro atoms. The summed E-state index contributed by atoms with van der Waals surface area (Å²) in [4.78, 5) is 15.2. The number of carbonyl (C=O) groups excluding carboxylic acids is 1. The van der Waals surface area contributed by atoms with Gasteiger partial charge in [0.2, 0.25) is 0 Å². The van der Waals surface area contributed by atoms with E-state index in [2.05, 4.69) is 48.5 Å². The van der Waals surface area contributed by atoms with Gasteiger partial charge < -0.3 is 10.2 Å². The minimum Gasteiger partial charge on any atom is -0.331 e. The zero-order valence-electron chi connectivity index (χ0n) is 15.0. The van der Waals surface area contributed by atoms with Crippen molar-refractivity contribution >= 4 is 17.8 Å². The molecule has 1 aromatic carbocycles. The van der Waals surface area contributed by atoms with Gasteiger partial charge in [-0.25, -0.2) is 4.79 Å². The molecular formula is C18H26N4OS. The molecule has 0 aliphatic heterocycles. The molecule has 1 heterocycles. The van der Waals surface area contributed by atoms with Crippen LogP contribution in [-0.4, -0.2) is 33.0 Å². The molecule has 130 valence electrons. The van der Waals surface area contributed by atoms with E-state index in [4.69, 9.17) is 0 Å². The van der Waals surface area contributed by atoms with Crippen LogP contribution in [0.15, 0.2) is 41.6 Å². The molecular weight excluding hydrogens is 320 g/mol. The van der Waals surface area contributed by atoms with Gasteiger partial charge in [-0.05, 0) is 24.6 Å². The number of amides is 2. The van der Waals surface area contributed by atoms with Crippen molar-refractivity contribution in [3.8, 4) is 0 Å². The molecule has 0 aliphatic carbocycles. The van der Waals surface area contributed by atoms with Gasteiger partial charge in [0.25, 0.3) is 0 Å². The lowest BCUT2D eigenvalue weighted by molar-refractivity contribution is 0.203. The zero-order valence-corrected chi connectivity index (χ0v) is 15.8. The van der Waals surface area contributed by atoms with Gasteiger partial charge in [-0.3, -0.25) is 4.68 Å². The summed E-state index contributed by atoms with van der Waals surface area (Å²) in [5.74, 6) is 0. The summed E-state index contributed by atoms with van der Waals surface area (Å²) in [6, 6.07) is 8.26. The Morgan fingerprint density at radius 1 is 1.29 bits per heavy atom. The second kappa shape index (κ2) is 8.24. The number of urea groups is 1. The lowest BCUT2D eigenvalue weighted by Gasteiger charge is -2.21. The fourth-order valence-corrected chi connectivity index (χ4v) is 3.22. The second-order valence-electron chi connectivity index (χ2n) is 6.29. The van der Waals surface area contributed by atoms with Crippen molar-refractivity contribution in [2.24, 2.45) is 7.05 Å². The molecule has 0 unspecified atom stereocenters. The fraction of sp³-hybridized carbons (Fsp3) is 0.444. The average molecular weight is 346 g/mol. The van der Waals surface area contributed by atoms with Crippen LogP contribution in [0.1, 0.15) is 37.9 Å². The van der Waals surface area contributed by atoms with Gasteiger partial charge in [0.15, 0.2) is 0 Å². The number of hydrogen-bond donors (Lipinski definition) is 1. The monoisotopic (exact) mass is 346 g/mol. The van der Waals surface area contributed by atoms with Gasteiger partial charge in [-0.1, -0.05) is 26.0 Å². The van der Waals surface area contributed by atoms with Crippen LogP contribution in [0, 0.1) is 0 Å². The summed E-state index contributed by atoms with van der Waals surface area (Å²) in [6.07, 6.45) is 3.69. The molecule has 6 heteroatoms. The molecule has 2 rings (SSSR count). The highest BCUT2D eigenvalue weighted by molar-refractivity contribution is 7.99. The van der Waals surface area contributed by atoms with E-state index >= 15 is 0 Å². The van der Waals surface area contributed by atoms with Gasteiger partial charge in [0.05, 0.1) is 18.8 Å². The summed E-state index contributed by atoms with van der Waals surface area (Å²) in [7, 11) is 3.66. The van der Waals surface area contributed by atoms with Crippen LogP contribution in [0.5, 0.6) is 0 Å². The first kappa shape index (κ1) is 18.4. The Morgan fingerprint density at radius 2 is 1.96 bits per heavy atom. The number of aromatic nitrogens is 2. The van der Waals surface area contributed by atoms with Crippen molar-refractivity contribution < 1.29 is 4.79 Å². The summed E-state index contributed by atoms with van der Waals surface area (Å²) < 4.78 is 1.74. The van der Waals surface area contributed by atoms with Crippen molar-refractivity contribution in [2.45, 2.75) is 43.5 Å². The van der Waals surface area contributed by atoms with Crippen LogP contribution < -0.4 is 5.32 Å². The molecule has 0 fully saturated rings. The highest BCUT2D eigenvalue weighted by Gasteiger charge is 2.14. The maximum absolute atomic E-state index is 12.3. The minimum atomic E-state index is -0.0908. The van der Waals surface area contributed by atoms with Gasteiger partial charge in [-0.2, -0.15) is 5.10 Å². The number of thioether (sulfide) groups is 1. The zero-order chi connectivity index (χ0) is 17.7. The molecule has 0 saturated heterocycles. The van der Waals surface area contributed by atoms with E-state index in [0.29, 0.717) is 11.8 Å². The normalized spacial score (nSPS) is 12.2. The van der Waals surface area contributed by atoms with Gasteiger partial charge in [0, 0.05) is 36.0 Å². The smallest absolute Gasteiger partial charge is 0.317 e. The molecule has 0 saturated carbocycles. The minimum absolute atomic E-state index is 0.0352. The maximum Gasteiger partial charge on any atom is 0.317 e. The third-order valence-electron chi connectivity index (χ3n) is 3.62. The van der Waals surface area contributed by atoms with Crippen molar-refractivity contribution in [1.82, 2.24) is 20.0 Å². The van der Waals surface area contributed by atoms with Crippen LogP contribution in [0.2, 0.25) is 0 Å². The largest absolute Gasteiger partial charge is 0.331 e. The van der Waals surface area contributed by atoms with E-state index in [1.54, 1.807) is 22.8 Å². The van der Waals surface area contributed by atoms with Crippen molar-refractivity contribution in [1.29, 1.82) is 0 Å². The number of nitrogens with one attached hydrogen (secondary N) is 1. The summed E-state index contributed by atoms with van der Waals surface area (Å²) in [5.41, 5.74) is 2.11. The highest BCUT2D eigenvalue weighted by Crippen LogP contribution is 2.24. The summed E-state index contributed by atoms with van der Waals surface area (Å²) in [5, 5.41) is 7.72. The average Bonchev–Trinajstić information content (AvgIpc) is 2.92. The third-order valence-corrected chi connectivity index (χ3v) is 4.63. The molecule has 24 heavy (non-hydrogen) atoms. The Labute approximate surface area is 148 Å². The molecule has 0 bridgehead atoms. The van der Waals surface area contributed by atoms with Crippen LogP contribution >= 0.6 is 11.8 Å². The lowest BCUT2D eigenvalue weighted by atomic mass is 10.1. The molecule has 1 N–H and O–H groups in total. The van der Waals surface area contributed by atoms with Crippen LogP contribution in [0.25, 0.3) is 0 Å². The first-order valence-electron chi connectivity index (χ1n) is 8.11. The molecule has 2 aromatic rings. The standard InChI is InChI=1S/C18H26N4OS/c1-13(2)24-17-8-6-16(7-9-17)14(3)20-18(23)21(4)11-15-10-19-22(5)12-15/h6-10,12-14H,11H2,1-5H3,(H,20,23)/t14-/m1/s1. The van der Waals surface area contributed by atoms with Gasteiger partial charge in [0.1, 0.15) is 0 Å². The maximum atomic E-state index is 12.3. The van der Waals surface area contributed by atoms with Crippen LogP contribution in [0.3, 0.4) is 0 Å². The summed E-state index contributed by atoms with van der Waals surface area (Å²) in [6.45, 7) is 6.90. The molecule has 2 amide bonds. The second-order valence-corrected chi connectivity index (χ2v) is 7.94. The number of hydrogen-bond acceptors (Lipinski definition) is 3. The third kappa shape index (κ3) is 5.30. The Kier molecular flexibility index (Phi) is 6.31. The Bertz CT molecular complexity index is 666. The Morgan fingerprint density at radius 3 is 2.50 bits per heavy atom. The van der Waals surface area contributed by atoms with Crippen molar-refractivity contribution in [3.63, 3.8) is 0 Å². The molecule has 1 atom stereocenters. The highest BCUT2D eigenvalue weighted by atomic mass is 32.2. The molecule has 0 radical (unpaired) electrons. The number of nitrogens with zero attached hydrogens (tertiary/aromatic N) is 3. The molecule has 1 aromatic heterocycles. The number of rotatable bonds is 6. The fourth-order valence-electron chi connectivity index (χ4n) is 2.39. The number of aryl methyl sites for hydroxylation is 1. The number of benzene rings is 1. The Balaban J connectivity index is 1.90. The molecule has 0 aliphatic rings. The van der Waals surface area contributed by atoms with E-state index in [1.807, 2.05) is 31.9 Å². The first-order chi connectivity index (χ1) is 11.3. The van der Waals surface area contributed by atoms with E-state index in [-0.39, 0.29) is 12.1 Å². The van der Waals surface area contributed by atoms with Crippen LogP contribution in [0.4, 0.5) is 4.79 Å². The first-order valence-corrected chi connectivity index (χ1v) is 8.99. The van der Waals surface area contributed by atoms with E-state index in [0.717, 1.165) is 11.1 Å². The molecule has 5 nitrogen and oxygen atoms in total. The van der Waals surface area contributed by atoms with Crippen LogP contribution in [-0.2, 0) is 13.6 Å². The van der Waals surface area contributed by atoms with Crippen molar-refractivity contribution in [2.75, 3.05) is 7.05 Å². The predicted molar refractivity (Wildman–Crippen MR) is 99.1 cm³/mol. The van der Waals surface area contributed by atoms with E-state index in [1.165, 1.54) is 4.90 Å². The van der Waals surface area contributed by atoms with E-state index < -0.39 is 0 Å². The summed E-state index contributed by atoms with van der Waals surface area (Å²) >= 11 is 1.84. The van der Waals surface area contributed by atoms with Crippen molar-refractivity contribution in [3.05, 3.63) is 47.8 Å². The Hall–Kier alpha value is -1.95. The van der Waals surface area contributed by atoms with Gasteiger partial charge in [-0.15, -0.1) is 11.8 Å². The quantitative estimate of drug-likeness (QED) is 0.809. The van der Waals surface area contributed by atoms with Gasteiger partial charge >= 0.3 is 6.03 Å². The van der Waals surface area contributed by atoms with E-state index in [9.17, 15) is 4.79 Å². The topological polar surface area (TPSA) is 50.2 Å².